The molecule has 0 aromatic carbocycles. The highest BCUT2D eigenvalue weighted by atomic mass is 16.5. The van der Waals surface area contributed by atoms with Crippen molar-refractivity contribution in [2.75, 3.05) is 0 Å². The molecular formula is C17H28N2O. The summed E-state index contributed by atoms with van der Waals surface area (Å²) in [5, 5.41) is 0. The zero-order valence-corrected chi connectivity index (χ0v) is 12.8. The summed E-state index contributed by atoms with van der Waals surface area (Å²) in [5.41, 5.74) is 7.47. The van der Waals surface area contributed by atoms with E-state index in [4.69, 9.17) is 10.5 Å². The molecule has 1 saturated carbocycles. The van der Waals surface area contributed by atoms with Crippen molar-refractivity contribution in [2.45, 2.75) is 70.6 Å². The van der Waals surface area contributed by atoms with Crippen LogP contribution in [0.2, 0.25) is 0 Å². The molecule has 4 unspecified atom stereocenters. The van der Waals surface area contributed by atoms with E-state index < -0.39 is 0 Å². The van der Waals surface area contributed by atoms with Crippen molar-refractivity contribution in [3.05, 3.63) is 30.1 Å². The summed E-state index contributed by atoms with van der Waals surface area (Å²) in [4.78, 5) is 4.09. The zero-order chi connectivity index (χ0) is 14.4. The predicted molar refractivity (Wildman–Crippen MR) is 82.4 cm³/mol. The monoisotopic (exact) mass is 276 g/mol. The third kappa shape index (κ3) is 3.80. The Morgan fingerprint density at radius 1 is 1.25 bits per heavy atom. The molecule has 1 aromatic heterocycles. The van der Waals surface area contributed by atoms with Gasteiger partial charge in [0.25, 0.3) is 0 Å². The molecule has 1 aromatic rings. The lowest BCUT2D eigenvalue weighted by atomic mass is 9.84. The summed E-state index contributed by atoms with van der Waals surface area (Å²) in [7, 11) is 0. The van der Waals surface area contributed by atoms with Crippen LogP contribution in [0.1, 0.15) is 64.0 Å². The van der Waals surface area contributed by atoms with Gasteiger partial charge in [-0.15, -0.1) is 0 Å². The molecule has 1 aliphatic rings. The Balaban J connectivity index is 2.11. The van der Waals surface area contributed by atoms with Crippen LogP contribution in [0, 0.1) is 5.92 Å². The maximum absolute atomic E-state index is 6.48. The van der Waals surface area contributed by atoms with Crippen LogP contribution in [0.4, 0.5) is 0 Å². The fraction of sp³-hybridized carbons (Fsp3) is 0.706. The molecule has 3 heteroatoms. The SMILES string of the molecule is CCC(N)C(OC1CCCCC1CC)c1ccncc1. The minimum absolute atomic E-state index is 0.000139. The zero-order valence-electron chi connectivity index (χ0n) is 12.8. The van der Waals surface area contributed by atoms with Gasteiger partial charge in [-0.2, -0.15) is 0 Å². The molecule has 1 fully saturated rings. The summed E-state index contributed by atoms with van der Waals surface area (Å²) in [6.07, 6.45) is 11.3. The topological polar surface area (TPSA) is 48.1 Å². The lowest BCUT2D eigenvalue weighted by molar-refractivity contribution is -0.0725. The largest absolute Gasteiger partial charge is 0.368 e. The van der Waals surface area contributed by atoms with Crippen molar-refractivity contribution < 1.29 is 4.74 Å². The molecule has 3 nitrogen and oxygen atoms in total. The molecule has 2 N–H and O–H groups in total. The number of aromatic nitrogens is 1. The van der Waals surface area contributed by atoms with Crippen molar-refractivity contribution in [2.24, 2.45) is 11.7 Å². The summed E-state index contributed by atoms with van der Waals surface area (Å²) >= 11 is 0. The summed E-state index contributed by atoms with van der Waals surface area (Å²) in [6, 6.07) is 4.12. The molecule has 1 heterocycles. The Morgan fingerprint density at radius 3 is 2.60 bits per heavy atom. The van der Waals surface area contributed by atoms with E-state index in [2.05, 4.69) is 18.8 Å². The Bertz CT molecular complexity index is 382. The van der Waals surface area contributed by atoms with Crippen molar-refractivity contribution in [3.8, 4) is 0 Å². The molecule has 2 rings (SSSR count). The standard InChI is InChI=1S/C17H28N2O/c1-3-13-7-5-6-8-16(13)20-17(15(18)4-2)14-9-11-19-12-10-14/h9-13,15-17H,3-8,18H2,1-2H3. The molecule has 4 atom stereocenters. The normalized spacial score (nSPS) is 26.1. The summed E-state index contributed by atoms with van der Waals surface area (Å²) in [5.74, 6) is 0.692. The van der Waals surface area contributed by atoms with Gasteiger partial charge in [0.05, 0.1) is 12.2 Å². The second-order valence-electron chi connectivity index (χ2n) is 5.90. The van der Waals surface area contributed by atoms with Crippen LogP contribution in [0.15, 0.2) is 24.5 Å². The van der Waals surface area contributed by atoms with E-state index in [-0.39, 0.29) is 12.1 Å². The number of nitrogens with two attached hydrogens (primary N) is 1. The number of hydrogen-bond acceptors (Lipinski definition) is 3. The van der Waals surface area contributed by atoms with E-state index in [1.807, 2.05) is 24.5 Å². The molecule has 20 heavy (non-hydrogen) atoms. The van der Waals surface area contributed by atoms with E-state index in [0.29, 0.717) is 12.0 Å². The predicted octanol–water partition coefficient (Wildman–Crippen LogP) is 3.85. The van der Waals surface area contributed by atoms with Crippen LogP contribution in [0.3, 0.4) is 0 Å². The van der Waals surface area contributed by atoms with Crippen molar-refractivity contribution in [1.29, 1.82) is 0 Å². The van der Waals surface area contributed by atoms with Crippen LogP contribution in [0.5, 0.6) is 0 Å². The van der Waals surface area contributed by atoms with Crippen LogP contribution < -0.4 is 5.73 Å². The van der Waals surface area contributed by atoms with Crippen LogP contribution in [-0.2, 0) is 4.74 Å². The minimum Gasteiger partial charge on any atom is -0.368 e. The van der Waals surface area contributed by atoms with Gasteiger partial charge in [-0.25, -0.2) is 0 Å². The van der Waals surface area contributed by atoms with Crippen LogP contribution in [0.25, 0.3) is 0 Å². The molecule has 0 spiro atoms. The average Bonchev–Trinajstić information content (AvgIpc) is 2.53. The van der Waals surface area contributed by atoms with Gasteiger partial charge in [-0.3, -0.25) is 4.98 Å². The van der Waals surface area contributed by atoms with Gasteiger partial charge in [0, 0.05) is 18.4 Å². The minimum atomic E-state index is 0.000139. The third-order valence-electron chi connectivity index (χ3n) is 4.58. The quantitative estimate of drug-likeness (QED) is 0.858. The maximum Gasteiger partial charge on any atom is 0.0980 e. The highest BCUT2D eigenvalue weighted by Crippen LogP contribution is 2.34. The number of hydrogen-bond donors (Lipinski definition) is 1. The van der Waals surface area contributed by atoms with Gasteiger partial charge in [-0.05, 0) is 42.9 Å². The number of ether oxygens (including phenoxy) is 1. The van der Waals surface area contributed by atoms with Gasteiger partial charge in [0.1, 0.15) is 0 Å². The first kappa shape index (κ1) is 15.5. The molecule has 0 bridgehead atoms. The Labute approximate surface area is 122 Å². The van der Waals surface area contributed by atoms with E-state index in [1.54, 1.807) is 0 Å². The molecule has 112 valence electrons. The second-order valence-corrected chi connectivity index (χ2v) is 5.90. The highest BCUT2D eigenvalue weighted by molar-refractivity contribution is 5.15. The molecular weight excluding hydrogens is 248 g/mol. The van der Waals surface area contributed by atoms with Gasteiger partial charge in [-0.1, -0.05) is 33.1 Å². The molecule has 0 radical (unpaired) electrons. The number of nitrogens with zero attached hydrogens (tertiary/aromatic N) is 1. The Kier molecular flexibility index (Phi) is 5.99. The smallest absolute Gasteiger partial charge is 0.0980 e. The first-order chi connectivity index (χ1) is 9.76. The summed E-state index contributed by atoms with van der Waals surface area (Å²) < 4.78 is 6.48. The molecule has 0 aliphatic heterocycles. The van der Waals surface area contributed by atoms with Gasteiger partial charge >= 0.3 is 0 Å². The molecule has 1 aliphatic carbocycles. The van der Waals surface area contributed by atoms with Crippen LogP contribution in [-0.4, -0.2) is 17.1 Å². The Hall–Kier alpha value is -0.930. The van der Waals surface area contributed by atoms with Gasteiger partial charge in [0.2, 0.25) is 0 Å². The van der Waals surface area contributed by atoms with Gasteiger partial charge in [0.15, 0.2) is 0 Å². The highest BCUT2D eigenvalue weighted by Gasteiger charge is 2.29. The molecule has 0 amide bonds. The average molecular weight is 276 g/mol. The summed E-state index contributed by atoms with van der Waals surface area (Å²) in [6.45, 7) is 4.40. The fourth-order valence-electron chi connectivity index (χ4n) is 3.20. The maximum atomic E-state index is 6.48. The van der Waals surface area contributed by atoms with E-state index in [9.17, 15) is 0 Å². The Morgan fingerprint density at radius 2 is 1.95 bits per heavy atom. The lowest BCUT2D eigenvalue weighted by Crippen LogP contribution is -2.36. The van der Waals surface area contributed by atoms with Crippen molar-refractivity contribution in [1.82, 2.24) is 4.98 Å². The first-order valence-corrected chi connectivity index (χ1v) is 8.07. The van der Waals surface area contributed by atoms with Crippen LogP contribution >= 0.6 is 0 Å². The van der Waals surface area contributed by atoms with E-state index >= 15 is 0 Å². The van der Waals surface area contributed by atoms with Gasteiger partial charge < -0.3 is 10.5 Å². The van der Waals surface area contributed by atoms with E-state index in [1.165, 1.54) is 32.1 Å². The third-order valence-corrected chi connectivity index (χ3v) is 4.58. The number of pyridine rings is 1. The fourth-order valence-corrected chi connectivity index (χ4v) is 3.20. The molecule has 0 saturated heterocycles. The van der Waals surface area contributed by atoms with Crippen molar-refractivity contribution in [3.63, 3.8) is 0 Å². The van der Waals surface area contributed by atoms with Crippen molar-refractivity contribution >= 4 is 0 Å². The first-order valence-electron chi connectivity index (χ1n) is 8.07. The second kappa shape index (κ2) is 7.75. The van der Waals surface area contributed by atoms with E-state index in [0.717, 1.165) is 12.0 Å². The number of rotatable bonds is 6. The lowest BCUT2D eigenvalue weighted by Gasteiger charge is -2.35.